The van der Waals surface area contributed by atoms with Crippen molar-refractivity contribution in [2.75, 3.05) is 0 Å². The van der Waals surface area contributed by atoms with Gasteiger partial charge in [-0.15, -0.1) is 13.2 Å². The predicted molar refractivity (Wildman–Crippen MR) is 65.5 cm³/mol. The first-order valence-electron chi connectivity index (χ1n) is 5.55. The molecule has 0 fully saturated rings. The average Bonchev–Trinajstić information content (AvgIpc) is 2.38. The Morgan fingerprint density at radius 2 is 1.35 bits per heavy atom. The van der Waals surface area contributed by atoms with Crippen molar-refractivity contribution in [2.24, 2.45) is 0 Å². The molecule has 0 aliphatic rings. The fraction of sp³-hybridized carbons (Fsp3) is 0.0714. The number of hydrogen-bond donors (Lipinski definition) is 1. The number of halogens is 3. The molecule has 1 N–H and O–H groups in total. The molecule has 0 saturated carbocycles. The number of aromatic carboxylic acids is 1. The summed E-state index contributed by atoms with van der Waals surface area (Å²) in [7, 11) is 0. The topological polar surface area (TPSA) is 46.5 Å². The molecule has 0 radical (unpaired) electrons. The van der Waals surface area contributed by atoms with Crippen LogP contribution < -0.4 is 4.74 Å². The third kappa shape index (κ3) is 3.50. The predicted octanol–water partition coefficient (Wildman–Crippen LogP) is 3.95. The van der Waals surface area contributed by atoms with Crippen LogP contribution in [0.2, 0.25) is 0 Å². The van der Waals surface area contributed by atoms with Crippen LogP contribution in [0, 0.1) is 0 Å². The maximum absolute atomic E-state index is 12.0. The van der Waals surface area contributed by atoms with Crippen molar-refractivity contribution in [3.8, 4) is 16.9 Å². The molecule has 104 valence electrons. The van der Waals surface area contributed by atoms with Crippen molar-refractivity contribution in [3.63, 3.8) is 0 Å². The maximum atomic E-state index is 12.0. The Balaban J connectivity index is 2.19. The van der Waals surface area contributed by atoms with Gasteiger partial charge in [0.15, 0.2) is 0 Å². The highest BCUT2D eigenvalue weighted by Gasteiger charge is 2.30. The van der Waals surface area contributed by atoms with Gasteiger partial charge in [-0.25, -0.2) is 4.79 Å². The summed E-state index contributed by atoms with van der Waals surface area (Å²) in [6.45, 7) is 0. The summed E-state index contributed by atoms with van der Waals surface area (Å²) in [6, 6.07) is 11.4. The van der Waals surface area contributed by atoms with Crippen LogP contribution in [-0.2, 0) is 0 Å². The first kappa shape index (κ1) is 13.9. The lowest BCUT2D eigenvalue weighted by atomic mass is 10.0. The molecule has 0 aliphatic heterocycles. The SMILES string of the molecule is O=C(O)c1ccc(-c2ccc(OC(F)(F)F)cc2)cc1. The van der Waals surface area contributed by atoms with Gasteiger partial charge in [-0.05, 0) is 35.4 Å². The largest absolute Gasteiger partial charge is 0.573 e. The minimum Gasteiger partial charge on any atom is -0.478 e. The minimum absolute atomic E-state index is 0.144. The van der Waals surface area contributed by atoms with Gasteiger partial charge in [-0.2, -0.15) is 0 Å². The third-order valence-corrected chi connectivity index (χ3v) is 2.55. The average molecular weight is 282 g/mol. The fourth-order valence-electron chi connectivity index (χ4n) is 1.65. The molecule has 0 amide bonds. The van der Waals surface area contributed by atoms with Crippen molar-refractivity contribution in [3.05, 3.63) is 54.1 Å². The minimum atomic E-state index is -4.72. The molecular weight excluding hydrogens is 273 g/mol. The number of ether oxygens (including phenoxy) is 1. The first-order valence-corrected chi connectivity index (χ1v) is 5.55. The van der Waals surface area contributed by atoms with E-state index in [2.05, 4.69) is 4.74 Å². The van der Waals surface area contributed by atoms with Crippen molar-refractivity contribution in [1.82, 2.24) is 0 Å². The van der Waals surface area contributed by atoms with Gasteiger partial charge in [-0.1, -0.05) is 24.3 Å². The Morgan fingerprint density at radius 1 is 0.900 bits per heavy atom. The number of alkyl halides is 3. The Hall–Kier alpha value is -2.50. The smallest absolute Gasteiger partial charge is 0.478 e. The van der Waals surface area contributed by atoms with Gasteiger partial charge in [-0.3, -0.25) is 0 Å². The molecule has 20 heavy (non-hydrogen) atoms. The van der Waals surface area contributed by atoms with Crippen LogP contribution in [-0.4, -0.2) is 17.4 Å². The summed E-state index contributed by atoms with van der Waals surface area (Å²) in [4.78, 5) is 10.7. The summed E-state index contributed by atoms with van der Waals surface area (Å²) in [5, 5.41) is 8.77. The summed E-state index contributed by atoms with van der Waals surface area (Å²) in [5.41, 5.74) is 1.51. The zero-order valence-electron chi connectivity index (χ0n) is 10.0. The highest BCUT2D eigenvalue weighted by Crippen LogP contribution is 2.26. The number of carbonyl (C=O) groups is 1. The van der Waals surface area contributed by atoms with Crippen LogP contribution in [0.3, 0.4) is 0 Å². The molecule has 2 rings (SSSR count). The zero-order chi connectivity index (χ0) is 14.8. The van der Waals surface area contributed by atoms with Crippen molar-refractivity contribution in [2.45, 2.75) is 6.36 Å². The van der Waals surface area contributed by atoms with Crippen LogP contribution in [0.25, 0.3) is 11.1 Å². The van der Waals surface area contributed by atoms with Crippen LogP contribution >= 0.6 is 0 Å². The first-order chi connectivity index (χ1) is 9.35. The van der Waals surface area contributed by atoms with E-state index < -0.39 is 12.3 Å². The molecule has 0 heterocycles. The number of carboxylic acids is 1. The summed E-state index contributed by atoms with van der Waals surface area (Å²) >= 11 is 0. The molecular formula is C14H9F3O3. The van der Waals surface area contributed by atoms with Gasteiger partial charge in [0.25, 0.3) is 0 Å². The van der Waals surface area contributed by atoms with E-state index in [4.69, 9.17) is 5.11 Å². The van der Waals surface area contributed by atoms with E-state index in [1.54, 1.807) is 12.1 Å². The molecule has 0 unspecified atom stereocenters. The normalized spacial score (nSPS) is 11.2. The Labute approximate surface area is 112 Å². The number of hydrogen-bond acceptors (Lipinski definition) is 2. The van der Waals surface area contributed by atoms with Gasteiger partial charge in [0.2, 0.25) is 0 Å². The molecule has 3 nitrogen and oxygen atoms in total. The number of benzene rings is 2. The maximum Gasteiger partial charge on any atom is 0.573 e. The monoisotopic (exact) mass is 282 g/mol. The van der Waals surface area contributed by atoms with E-state index in [0.717, 1.165) is 0 Å². The molecule has 2 aromatic rings. The lowest BCUT2D eigenvalue weighted by molar-refractivity contribution is -0.274. The molecule has 0 bridgehead atoms. The van der Waals surface area contributed by atoms with Gasteiger partial charge in [0.05, 0.1) is 5.56 Å². The van der Waals surface area contributed by atoms with Gasteiger partial charge in [0, 0.05) is 0 Å². The van der Waals surface area contributed by atoms with Gasteiger partial charge < -0.3 is 9.84 Å². The molecule has 0 atom stereocenters. The molecule has 0 spiro atoms. The van der Waals surface area contributed by atoms with Crippen LogP contribution in [0.4, 0.5) is 13.2 Å². The van der Waals surface area contributed by atoms with Crippen LogP contribution in [0.1, 0.15) is 10.4 Å². The Bertz CT molecular complexity index is 601. The lowest BCUT2D eigenvalue weighted by Gasteiger charge is -2.09. The summed E-state index contributed by atoms with van der Waals surface area (Å²) in [5.74, 6) is -1.34. The molecule has 0 aliphatic carbocycles. The zero-order valence-corrected chi connectivity index (χ0v) is 10.0. The van der Waals surface area contributed by atoms with E-state index in [1.165, 1.54) is 36.4 Å². The standard InChI is InChI=1S/C14H9F3O3/c15-14(16,17)20-12-7-5-10(6-8-12)9-1-3-11(4-2-9)13(18)19/h1-8H,(H,18,19). The van der Waals surface area contributed by atoms with Crippen molar-refractivity contribution >= 4 is 5.97 Å². The van der Waals surface area contributed by atoms with E-state index >= 15 is 0 Å². The van der Waals surface area contributed by atoms with E-state index in [1.807, 2.05) is 0 Å². The van der Waals surface area contributed by atoms with Crippen molar-refractivity contribution in [1.29, 1.82) is 0 Å². The summed E-state index contributed by atoms with van der Waals surface area (Å²) < 4.78 is 39.8. The second-order valence-electron chi connectivity index (χ2n) is 3.95. The lowest BCUT2D eigenvalue weighted by Crippen LogP contribution is -2.16. The van der Waals surface area contributed by atoms with E-state index in [0.29, 0.717) is 11.1 Å². The van der Waals surface area contributed by atoms with Gasteiger partial charge >= 0.3 is 12.3 Å². The van der Waals surface area contributed by atoms with Crippen LogP contribution in [0.15, 0.2) is 48.5 Å². The van der Waals surface area contributed by atoms with Crippen molar-refractivity contribution < 1.29 is 27.8 Å². The number of rotatable bonds is 3. The fourth-order valence-corrected chi connectivity index (χ4v) is 1.65. The van der Waals surface area contributed by atoms with Crippen LogP contribution in [0.5, 0.6) is 5.75 Å². The Kier molecular flexibility index (Phi) is 3.65. The third-order valence-electron chi connectivity index (χ3n) is 2.55. The van der Waals surface area contributed by atoms with Gasteiger partial charge in [0.1, 0.15) is 5.75 Å². The Morgan fingerprint density at radius 3 is 1.75 bits per heavy atom. The summed E-state index contributed by atoms with van der Waals surface area (Å²) in [6.07, 6.45) is -4.72. The second-order valence-corrected chi connectivity index (χ2v) is 3.95. The molecule has 0 saturated heterocycles. The van der Waals surface area contributed by atoms with E-state index in [-0.39, 0.29) is 11.3 Å². The molecule has 0 aromatic heterocycles. The van der Waals surface area contributed by atoms with E-state index in [9.17, 15) is 18.0 Å². The highest BCUT2D eigenvalue weighted by molar-refractivity contribution is 5.88. The molecule has 2 aromatic carbocycles. The highest BCUT2D eigenvalue weighted by atomic mass is 19.4. The quantitative estimate of drug-likeness (QED) is 0.927. The number of carboxylic acid groups (broad SMARTS) is 1. The second kappa shape index (κ2) is 5.24. The molecule has 6 heteroatoms.